The normalized spacial score (nSPS) is 32.7. The van der Waals surface area contributed by atoms with E-state index in [0.29, 0.717) is 17.9 Å². The summed E-state index contributed by atoms with van der Waals surface area (Å²) in [4.78, 5) is 4.17. The maximum Gasteiger partial charge on any atom is 0.0905 e. The largest absolute Gasteiger partial charge is 0.388 e. The molecular formula is C8H16N2O. The van der Waals surface area contributed by atoms with Gasteiger partial charge in [-0.1, -0.05) is 0 Å². The molecule has 11 heavy (non-hydrogen) atoms. The lowest BCUT2D eigenvalue weighted by Gasteiger charge is -2.10. The van der Waals surface area contributed by atoms with Crippen LogP contribution in [0, 0.1) is 5.92 Å². The topological polar surface area (TPSA) is 47.6 Å². The molecule has 1 fully saturated rings. The third-order valence-electron chi connectivity index (χ3n) is 2.11. The van der Waals surface area contributed by atoms with E-state index < -0.39 is 0 Å². The van der Waals surface area contributed by atoms with Crippen LogP contribution in [-0.4, -0.2) is 25.1 Å². The van der Waals surface area contributed by atoms with Crippen LogP contribution in [0.15, 0.2) is 4.99 Å². The minimum atomic E-state index is 0.359. The Bertz CT molecular complexity index is 152. The van der Waals surface area contributed by atoms with E-state index in [4.69, 9.17) is 10.5 Å². The summed E-state index contributed by atoms with van der Waals surface area (Å²) in [5, 5.41) is 0. The van der Waals surface area contributed by atoms with E-state index in [2.05, 4.69) is 11.9 Å². The Balaban J connectivity index is 2.31. The molecule has 0 aromatic carbocycles. The zero-order valence-corrected chi connectivity index (χ0v) is 7.21. The van der Waals surface area contributed by atoms with E-state index in [1.165, 1.54) is 0 Å². The summed E-state index contributed by atoms with van der Waals surface area (Å²) in [7, 11) is 0. The lowest BCUT2D eigenvalue weighted by Crippen LogP contribution is -2.16. The second-order valence-corrected chi connectivity index (χ2v) is 3.11. The first kappa shape index (κ1) is 8.53. The third kappa shape index (κ3) is 2.50. The van der Waals surface area contributed by atoms with Crippen molar-refractivity contribution in [3.05, 3.63) is 0 Å². The minimum Gasteiger partial charge on any atom is -0.388 e. The fourth-order valence-corrected chi connectivity index (χ4v) is 1.28. The van der Waals surface area contributed by atoms with Crippen LogP contribution < -0.4 is 5.73 Å². The Hall–Kier alpha value is -0.570. The number of hydrogen-bond donors (Lipinski definition) is 1. The quantitative estimate of drug-likeness (QED) is 0.474. The number of rotatable bonds is 2. The van der Waals surface area contributed by atoms with Crippen LogP contribution in [0.1, 0.15) is 20.3 Å². The van der Waals surface area contributed by atoms with Crippen molar-refractivity contribution < 1.29 is 4.74 Å². The first-order chi connectivity index (χ1) is 5.20. The van der Waals surface area contributed by atoms with Crippen molar-refractivity contribution in [3.63, 3.8) is 0 Å². The molecule has 0 aromatic rings. The molecule has 0 spiro atoms. The molecule has 0 bridgehead atoms. The van der Waals surface area contributed by atoms with Crippen LogP contribution in [0.5, 0.6) is 0 Å². The van der Waals surface area contributed by atoms with Crippen molar-refractivity contribution in [2.24, 2.45) is 16.6 Å². The monoisotopic (exact) mass is 156 g/mol. The predicted octanol–water partition coefficient (Wildman–Crippen LogP) is 0.788. The van der Waals surface area contributed by atoms with Crippen molar-refractivity contribution in [2.45, 2.75) is 26.4 Å². The zero-order valence-electron chi connectivity index (χ0n) is 7.21. The maximum absolute atomic E-state index is 5.43. The Labute approximate surface area is 67.6 Å². The molecule has 1 rings (SSSR count). The molecule has 0 saturated carbocycles. The van der Waals surface area contributed by atoms with Crippen LogP contribution >= 0.6 is 0 Å². The highest BCUT2D eigenvalue weighted by molar-refractivity contribution is 5.77. The molecular weight excluding hydrogens is 140 g/mol. The highest BCUT2D eigenvalue weighted by Gasteiger charge is 2.23. The number of nitrogens with two attached hydrogens (primary N) is 1. The van der Waals surface area contributed by atoms with Gasteiger partial charge >= 0.3 is 0 Å². The number of hydrogen-bond acceptors (Lipinski definition) is 2. The van der Waals surface area contributed by atoms with E-state index in [9.17, 15) is 0 Å². The molecule has 1 heterocycles. The molecule has 1 aliphatic heterocycles. The maximum atomic E-state index is 5.43. The SMILES string of the molecule is CC(N)=NCC1CCOC1C. The molecule has 2 N–H and O–H groups in total. The standard InChI is InChI=1S/C8H16N2O/c1-6-8(3-4-11-6)5-10-7(2)9/h6,8H,3-5H2,1-2H3,(H2,9,10). The highest BCUT2D eigenvalue weighted by Crippen LogP contribution is 2.20. The molecule has 3 nitrogen and oxygen atoms in total. The van der Waals surface area contributed by atoms with E-state index in [-0.39, 0.29) is 0 Å². The van der Waals surface area contributed by atoms with Gasteiger partial charge in [-0.05, 0) is 20.3 Å². The summed E-state index contributed by atoms with van der Waals surface area (Å²) in [5.41, 5.74) is 5.43. The average molecular weight is 156 g/mol. The molecule has 1 aliphatic rings. The fraction of sp³-hybridized carbons (Fsp3) is 0.875. The summed E-state index contributed by atoms with van der Waals surface area (Å²) in [5.74, 6) is 1.25. The first-order valence-corrected chi connectivity index (χ1v) is 4.08. The second-order valence-electron chi connectivity index (χ2n) is 3.11. The number of aliphatic imine (C=N–C) groups is 1. The highest BCUT2D eigenvalue weighted by atomic mass is 16.5. The van der Waals surface area contributed by atoms with E-state index in [1.54, 1.807) is 0 Å². The lowest BCUT2D eigenvalue weighted by molar-refractivity contribution is 0.107. The molecule has 2 unspecified atom stereocenters. The Morgan fingerprint density at radius 1 is 1.73 bits per heavy atom. The van der Waals surface area contributed by atoms with Crippen molar-refractivity contribution in [1.82, 2.24) is 0 Å². The molecule has 0 amide bonds. The summed E-state index contributed by atoms with van der Waals surface area (Å²) in [6, 6.07) is 0. The molecule has 3 heteroatoms. The van der Waals surface area contributed by atoms with Crippen LogP contribution in [0.2, 0.25) is 0 Å². The van der Waals surface area contributed by atoms with Gasteiger partial charge in [0.25, 0.3) is 0 Å². The van der Waals surface area contributed by atoms with Crippen molar-refractivity contribution in [3.8, 4) is 0 Å². The van der Waals surface area contributed by atoms with Crippen molar-refractivity contribution in [2.75, 3.05) is 13.2 Å². The molecule has 64 valence electrons. The number of amidine groups is 1. The van der Waals surface area contributed by atoms with Gasteiger partial charge in [-0.15, -0.1) is 0 Å². The molecule has 0 aromatic heterocycles. The van der Waals surface area contributed by atoms with Gasteiger partial charge in [-0.25, -0.2) is 0 Å². The van der Waals surface area contributed by atoms with Gasteiger partial charge in [0.05, 0.1) is 11.9 Å². The van der Waals surface area contributed by atoms with E-state index in [0.717, 1.165) is 19.6 Å². The first-order valence-electron chi connectivity index (χ1n) is 4.08. The molecule has 1 saturated heterocycles. The van der Waals surface area contributed by atoms with Gasteiger partial charge in [-0.3, -0.25) is 4.99 Å². The fourth-order valence-electron chi connectivity index (χ4n) is 1.28. The zero-order chi connectivity index (χ0) is 8.27. The lowest BCUT2D eigenvalue weighted by atomic mass is 10.0. The predicted molar refractivity (Wildman–Crippen MR) is 45.7 cm³/mol. The van der Waals surface area contributed by atoms with Gasteiger partial charge in [0.1, 0.15) is 0 Å². The van der Waals surface area contributed by atoms with Crippen LogP contribution in [-0.2, 0) is 4.74 Å². The van der Waals surface area contributed by atoms with Crippen LogP contribution in [0.3, 0.4) is 0 Å². The summed E-state index contributed by atoms with van der Waals surface area (Å²) in [6.45, 7) is 5.62. The van der Waals surface area contributed by atoms with Gasteiger partial charge in [0.15, 0.2) is 0 Å². The molecule has 0 radical (unpaired) electrons. The Kier molecular flexibility index (Phi) is 2.88. The van der Waals surface area contributed by atoms with Crippen molar-refractivity contribution >= 4 is 5.84 Å². The molecule has 0 aliphatic carbocycles. The Morgan fingerprint density at radius 2 is 2.45 bits per heavy atom. The van der Waals surface area contributed by atoms with Crippen molar-refractivity contribution in [1.29, 1.82) is 0 Å². The summed E-state index contributed by atoms with van der Waals surface area (Å²) < 4.78 is 5.39. The number of ether oxygens (including phenoxy) is 1. The smallest absolute Gasteiger partial charge is 0.0905 e. The number of nitrogens with zero attached hydrogens (tertiary/aromatic N) is 1. The third-order valence-corrected chi connectivity index (χ3v) is 2.11. The average Bonchev–Trinajstić information content (AvgIpc) is 2.31. The second kappa shape index (κ2) is 3.72. The van der Waals surface area contributed by atoms with Crippen LogP contribution in [0.4, 0.5) is 0 Å². The van der Waals surface area contributed by atoms with Gasteiger partial charge in [-0.2, -0.15) is 0 Å². The van der Waals surface area contributed by atoms with Crippen LogP contribution in [0.25, 0.3) is 0 Å². The van der Waals surface area contributed by atoms with Gasteiger partial charge in [0.2, 0.25) is 0 Å². The summed E-state index contributed by atoms with van der Waals surface area (Å²) in [6.07, 6.45) is 1.48. The van der Waals surface area contributed by atoms with Gasteiger partial charge < -0.3 is 10.5 Å². The van der Waals surface area contributed by atoms with Gasteiger partial charge in [0, 0.05) is 19.1 Å². The van der Waals surface area contributed by atoms with E-state index >= 15 is 0 Å². The Morgan fingerprint density at radius 3 is 2.91 bits per heavy atom. The molecule has 2 atom stereocenters. The van der Waals surface area contributed by atoms with E-state index in [1.807, 2.05) is 6.92 Å². The minimum absolute atomic E-state index is 0.359. The summed E-state index contributed by atoms with van der Waals surface area (Å²) >= 11 is 0.